The lowest BCUT2D eigenvalue weighted by Crippen LogP contribution is -2.36. The van der Waals surface area contributed by atoms with Gasteiger partial charge in [-0.1, -0.05) is 0 Å². The van der Waals surface area contributed by atoms with E-state index < -0.39 is 0 Å². The zero-order valence-electron chi connectivity index (χ0n) is 8.80. The van der Waals surface area contributed by atoms with E-state index >= 15 is 0 Å². The molecule has 0 atom stereocenters. The second-order valence-electron chi connectivity index (χ2n) is 3.47. The zero-order valence-corrected chi connectivity index (χ0v) is 8.80. The Balaban J connectivity index is 0. The molecule has 0 saturated heterocycles. The molecule has 0 aliphatic carbocycles. The number of carbonyl (C=O) groups is 1. The van der Waals surface area contributed by atoms with E-state index in [9.17, 15) is 4.79 Å². The van der Waals surface area contributed by atoms with Gasteiger partial charge in [0.15, 0.2) is 0 Å². The van der Waals surface area contributed by atoms with Crippen molar-refractivity contribution in [3.8, 4) is 6.07 Å². The van der Waals surface area contributed by atoms with E-state index in [1.54, 1.807) is 0 Å². The second kappa shape index (κ2) is 5.73. The average molecular weight is 170 g/mol. The predicted octanol–water partition coefficient (Wildman–Crippen LogP) is 1.45. The quantitative estimate of drug-likeness (QED) is 0.598. The third-order valence-corrected chi connectivity index (χ3v) is 1.39. The highest BCUT2D eigenvalue weighted by Gasteiger charge is 2.17. The summed E-state index contributed by atoms with van der Waals surface area (Å²) >= 11 is 0. The van der Waals surface area contributed by atoms with E-state index in [0.29, 0.717) is 0 Å². The van der Waals surface area contributed by atoms with E-state index in [4.69, 9.17) is 5.26 Å². The topological polar surface area (TPSA) is 44.1 Å². The minimum absolute atomic E-state index is 0.167. The smallest absolute Gasteiger partial charge is 0.126 e. The van der Waals surface area contributed by atoms with Crippen molar-refractivity contribution in [3.05, 3.63) is 0 Å². The van der Waals surface area contributed by atoms with Gasteiger partial charge in [0.25, 0.3) is 0 Å². The Labute approximate surface area is 75.0 Å². The normalized spacial score (nSPS) is 9.83. The number of Topliss-reactive ketones (excluding diaryl/α,β-unsaturated/α-hetero) is 1. The first-order valence-electron chi connectivity index (χ1n) is 3.80. The van der Waals surface area contributed by atoms with E-state index in [-0.39, 0.29) is 11.3 Å². The Morgan fingerprint density at radius 1 is 1.33 bits per heavy atom. The summed E-state index contributed by atoms with van der Waals surface area (Å²) in [4.78, 5) is 11.3. The predicted molar refractivity (Wildman–Crippen MR) is 49.7 cm³/mol. The van der Waals surface area contributed by atoms with Crippen LogP contribution in [0.3, 0.4) is 0 Å². The molecular formula is C9H18N2O. The molecule has 0 unspecified atom stereocenters. The molecule has 0 amide bonds. The summed E-state index contributed by atoms with van der Waals surface area (Å²) in [5, 5.41) is 8.47. The van der Waals surface area contributed by atoms with Crippen molar-refractivity contribution in [2.45, 2.75) is 33.2 Å². The molecule has 0 rings (SSSR count). The number of nitrogens with zero attached hydrogens (tertiary/aromatic N) is 2. The fourth-order valence-corrected chi connectivity index (χ4v) is 0.100. The van der Waals surface area contributed by atoms with Crippen molar-refractivity contribution < 1.29 is 4.79 Å². The molecule has 0 N–H and O–H groups in total. The summed E-state index contributed by atoms with van der Waals surface area (Å²) in [5.41, 5.74) is -0.319. The standard InChI is InChI=1S/C6H12N2.C3H6O/c1-6(2,5-7)8(3)4;1-3(2)4/h1-4H3;1-2H3. The number of hydrogen-bond acceptors (Lipinski definition) is 3. The van der Waals surface area contributed by atoms with Crippen LogP contribution in [0.1, 0.15) is 27.7 Å². The molecule has 0 aliphatic rings. The van der Waals surface area contributed by atoms with Crippen LogP contribution in [0.25, 0.3) is 0 Å². The van der Waals surface area contributed by atoms with Crippen molar-refractivity contribution in [3.63, 3.8) is 0 Å². The van der Waals surface area contributed by atoms with Gasteiger partial charge in [-0.25, -0.2) is 0 Å². The summed E-state index contributed by atoms with van der Waals surface area (Å²) < 4.78 is 0. The van der Waals surface area contributed by atoms with Gasteiger partial charge in [0.2, 0.25) is 0 Å². The van der Waals surface area contributed by atoms with Crippen LogP contribution in [0, 0.1) is 11.3 Å². The number of ketones is 1. The SMILES string of the molecule is CC(C)=O.CN(C)C(C)(C)C#N. The van der Waals surface area contributed by atoms with Gasteiger partial charge in [-0.2, -0.15) is 5.26 Å². The molecule has 0 aromatic heterocycles. The number of hydrogen-bond donors (Lipinski definition) is 0. The molecule has 0 bridgehead atoms. The fourth-order valence-electron chi connectivity index (χ4n) is 0.100. The molecule has 0 spiro atoms. The lowest BCUT2D eigenvalue weighted by Gasteiger charge is -2.23. The maximum absolute atomic E-state index is 9.44. The highest BCUT2D eigenvalue weighted by molar-refractivity contribution is 5.72. The van der Waals surface area contributed by atoms with Crippen LogP contribution in [0.4, 0.5) is 0 Å². The Bertz CT molecular complexity index is 173. The van der Waals surface area contributed by atoms with E-state index in [1.165, 1.54) is 13.8 Å². The van der Waals surface area contributed by atoms with Gasteiger partial charge in [-0.3, -0.25) is 4.90 Å². The van der Waals surface area contributed by atoms with Crippen LogP contribution in [-0.4, -0.2) is 30.3 Å². The molecule has 12 heavy (non-hydrogen) atoms. The molecule has 0 aromatic carbocycles. The van der Waals surface area contributed by atoms with E-state index in [2.05, 4.69) is 6.07 Å². The lowest BCUT2D eigenvalue weighted by molar-refractivity contribution is -0.114. The summed E-state index contributed by atoms with van der Waals surface area (Å²) in [5.74, 6) is 0.167. The maximum Gasteiger partial charge on any atom is 0.126 e. The lowest BCUT2D eigenvalue weighted by atomic mass is 10.1. The van der Waals surface area contributed by atoms with Gasteiger partial charge >= 0.3 is 0 Å². The fraction of sp³-hybridized carbons (Fsp3) is 0.778. The average Bonchev–Trinajstić information content (AvgIpc) is 1.86. The Morgan fingerprint density at radius 2 is 1.58 bits per heavy atom. The molecule has 0 fully saturated rings. The van der Waals surface area contributed by atoms with Gasteiger partial charge < -0.3 is 4.79 Å². The largest absolute Gasteiger partial charge is 0.300 e. The highest BCUT2D eigenvalue weighted by atomic mass is 16.1. The molecule has 3 nitrogen and oxygen atoms in total. The van der Waals surface area contributed by atoms with Crippen LogP contribution in [-0.2, 0) is 4.79 Å². The second-order valence-corrected chi connectivity index (χ2v) is 3.47. The van der Waals surface area contributed by atoms with Crippen LogP contribution < -0.4 is 0 Å². The summed E-state index contributed by atoms with van der Waals surface area (Å²) in [6.45, 7) is 6.82. The minimum Gasteiger partial charge on any atom is -0.300 e. The van der Waals surface area contributed by atoms with Crippen molar-refractivity contribution in [2.24, 2.45) is 0 Å². The van der Waals surface area contributed by atoms with Gasteiger partial charge in [-0.05, 0) is 41.8 Å². The van der Waals surface area contributed by atoms with Gasteiger partial charge in [0, 0.05) is 0 Å². The first-order chi connectivity index (χ1) is 5.24. The molecule has 0 aromatic rings. The van der Waals surface area contributed by atoms with Crippen LogP contribution in [0.2, 0.25) is 0 Å². The van der Waals surface area contributed by atoms with Gasteiger partial charge in [-0.15, -0.1) is 0 Å². The molecular weight excluding hydrogens is 152 g/mol. The molecule has 0 heterocycles. The third-order valence-electron chi connectivity index (χ3n) is 1.39. The summed E-state index contributed by atoms with van der Waals surface area (Å²) in [6.07, 6.45) is 0. The molecule has 0 radical (unpaired) electrons. The number of rotatable bonds is 1. The van der Waals surface area contributed by atoms with Gasteiger partial charge in [0.1, 0.15) is 11.3 Å². The first-order valence-corrected chi connectivity index (χ1v) is 3.80. The molecule has 0 aliphatic heterocycles. The number of nitriles is 1. The van der Waals surface area contributed by atoms with Crippen molar-refractivity contribution in [1.29, 1.82) is 5.26 Å². The van der Waals surface area contributed by atoms with Crippen molar-refractivity contribution in [1.82, 2.24) is 4.90 Å². The summed E-state index contributed by atoms with van der Waals surface area (Å²) in [7, 11) is 3.78. The number of carbonyl (C=O) groups excluding carboxylic acids is 1. The first kappa shape index (κ1) is 13.7. The molecule has 0 saturated carbocycles. The molecule has 70 valence electrons. The van der Waals surface area contributed by atoms with Crippen molar-refractivity contribution in [2.75, 3.05) is 14.1 Å². The van der Waals surface area contributed by atoms with Crippen molar-refractivity contribution >= 4 is 5.78 Å². The van der Waals surface area contributed by atoms with Crippen LogP contribution in [0.5, 0.6) is 0 Å². The Hall–Kier alpha value is -0.880. The Morgan fingerprint density at radius 3 is 1.58 bits per heavy atom. The van der Waals surface area contributed by atoms with E-state index in [1.807, 2.05) is 32.8 Å². The molecule has 3 heteroatoms. The Kier molecular flexibility index (Phi) is 6.54. The maximum atomic E-state index is 9.44. The van der Waals surface area contributed by atoms with Gasteiger partial charge in [0.05, 0.1) is 6.07 Å². The van der Waals surface area contributed by atoms with Crippen LogP contribution >= 0.6 is 0 Å². The third kappa shape index (κ3) is 9.12. The minimum atomic E-state index is -0.319. The monoisotopic (exact) mass is 170 g/mol. The summed E-state index contributed by atoms with van der Waals surface area (Å²) in [6, 6.07) is 2.17. The zero-order chi connectivity index (χ0) is 10.4. The van der Waals surface area contributed by atoms with E-state index in [0.717, 1.165) is 0 Å². The van der Waals surface area contributed by atoms with Crippen LogP contribution in [0.15, 0.2) is 0 Å². The highest BCUT2D eigenvalue weighted by Crippen LogP contribution is 2.05.